The molecular formula is C20H25FN4OS. The van der Waals surface area contributed by atoms with Gasteiger partial charge in [-0.15, -0.1) is 11.8 Å². The van der Waals surface area contributed by atoms with Gasteiger partial charge in [0, 0.05) is 25.0 Å². The molecule has 0 unspecified atom stereocenters. The van der Waals surface area contributed by atoms with E-state index in [1.807, 2.05) is 30.3 Å². The molecule has 144 valence electrons. The fourth-order valence-corrected chi connectivity index (χ4v) is 3.10. The van der Waals surface area contributed by atoms with Crippen molar-refractivity contribution in [3.8, 4) is 0 Å². The van der Waals surface area contributed by atoms with Crippen LogP contribution in [0.4, 0.5) is 4.39 Å². The SMILES string of the molecule is CN=C(NCCCSc1ccc(F)cc1)NCC(=O)NCc1ccccc1. The summed E-state index contributed by atoms with van der Waals surface area (Å²) in [6, 6.07) is 16.3. The van der Waals surface area contributed by atoms with E-state index in [0.29, 0.717) is 12.5 Å². The number of carbonyl (C=O) groups excluding carboxylic acids is 1. The van der Waals surface area contributed by atoms with Gasteiger partial charge in [0.25, 0.3) is 0 Å². The van der Waals surface area contributed by atoms with Crippen LogP contribution in [0, 0.1) is 5.82 Å². The number of hydrogen-bond acceptors (Lipinski definition) is 3. The van der Waals surface area contributed by atoms with Crippen molar-refractivity contribution in [3.63, 3.8) is 0 Å². The molecule has 1 amide bonds. The lowest BCUT2D eigenvalue weighted by atomic mass is 10.2. The van der Waals surface area contributed by atoms with Gasteiger partial charge in [0.1, 0.15) is 5.82 Å². The second kappa shape index (κ2) is 12.0. The summed E-state index contributed by atoms with van der Waals surface area (Å²) < 4.78 is 12.9. The molecule has 0 saturated carbocycles. The van der Waals surface area contributed by atoms with Crippen LogP contribution in [0.3, 0.4) is 0 Å². The molecule has 2 aromatic carbocycles. The molecule has 0 saturated heterocycles. The standard InChI is InChI=1S/C20H25FN4OS/c1-22-20(23-12-5-13-27-18-10-8-17(21)9-11-18)25-15-19(26)24-14-16-6-3-2-4-7-16/h2-4,6-11H,5,12-15H2,1H3,(H,24,26)(H2,22,23,25). The number of hydrogen-bond donors (Lipinski definition) is 3. The largest absolute Gasteiger partial charge is 0.356 e. The van der Waals surface area contributed by atoms with E-state index >= 15 is 0 Å². The van der Waals surface area contributed by atoms with E-state index in [1.165, 1.54) is 12.1 Å². The van der Waals surface area contributed by atoms with Crippen molar-refractivity contribution in [1.29, 1.82) is 0 Å². The molecule has 5 nitrogen and oxygen atoms in total. The number of nitrogens with zero attached hydrogens (tertiary/aromatic N) is 1. The molecule has 0 spiro atoms. The van der Waals surface area contributed by atoms with Crippen molar-refractivity contribution in [2.24, 2.45) is 4.99 Å². The number of halogens is 1. The van der Waals surface area contributed by atoms with Crippen LogP contribution in [0.25, 0.3) is 0 Å². The van der Waals surface area contributed by atoms with E-state index in [1.54, 1.807) is 30.9 Å². The van der Waals surface area contributed by atoms with Gasteiger partial charge in [-0.1, -0.05) is 30.3 Å². The minimum Gasteiger partial charge on any atom is -0.356 e. The lowest BCUT2D eigenvalue weighted by molar-refractivity contribution is -0.120. The zero-order valence-electron chi connectivity index (χ0n) is 15.4. The lowest BCUT2D eigenvalue weighted by Crippen LogP contribution is -2.43. The Bertz CT molecular complexity index is 723. The Morgan fingerprint density at radius 1 is 1.04 bits per heavy atom. The summed E-state index contributed by atoms with van der Waals surface area (Å²) in [6.07, 6.45) is 0.920. The van der Waals surface area contributed by atoms with Gasteiger partial charge in [-0.05, 0) is 42.0 Å². The fraction of sp³-hybridized carbons (Fsp3) is 0.300. The van der Waals surface area contributed by atoms with Gasteiger partial charge < -0.3 is 16.0 Å². The van der Waals surface area contributed by atoms with Crippen LogP contribution in [-0.4, -0.2) is 37.8 Å². The second-order valence-electron chi connectivity index (χ2n) is 5.77. The van der Waals surface area contributed by atoms with Crippen LogP contribution in [0.15, 0.2) is 64.5 Å². The summed E-state index contributed by atoms with van der Waals surface area (Å²) in [7, 11) is 1.67. The molecule has 7 heteroatoms. The summed E-state index contributed by atoms with van der Waals surface area (Å²) >= 11 is 1.68. The molecule has 0 aliphatic rings. The first kappa shape index (κ1) is 20.8. The number of nitrogens with one attached hydrogen (secondary N) is 3. The molecule has 2 aromatic rings. The summed E-state index contributed by atoms with van der Waals surface area (Å²) in [5.41, 5.74) is 1.06. The topological polar surface area (TPSA) is 65.5 Å². The molecule has 0 atom stereocenters. The Labute approximate surface area is 163 Å². The van der Waals surface area contributed by atoms with Crippen LogP contribution >= 0.6 is 11.8 Å². The van der Waals surface area contributed by atoms with Gasteiger partial charge in [-0.25, -0.2) is 4.39 Å². The number of rotatable bonds is 9. The zero-order valence-corrected chi connectivity index (χ0v) is 16.2. The van der Waals surface area contributed by atoms with Gasteiger partial charge in [0.2, 0.25) is 5.91 Å². The number of aliphatic imine (C=N–C) groups is 1. The predicted molar refractivity (Wildman–Crippen MR) is 109 cm³/mol. The number of benzene rings is 2. The number of carbonyl (C=O) groups is 1. The van der Waals surface area contributed by atoms with Crippen molar-refractivity contribution in [2.75, 3.05) is 25.9 Å². The van der Waals surface area contributed by atoms with Crippen LogP contribution in [0.2, 0.25) is 0 Å². The highest BCUT2D eigenvalue weighted by Gasteiger charge is 2.03. The molecule has 2 rings (SSSR count). The average molecular weight is 389 g/mol. The number of thioether (sulfide) groups is 1. The molecule has 0 fully saturated rings. The van der Waals surface area contributed by atoms with Gasteiger partial charge in [0.05, 0.1) is 6.54 Å². The van der Waals surface area contributed by atoms with E-state index in [2.05, 4.69) is 20.9 Å². The molecule has 27 heavy (non-hydrogen) atoms. The van der Waals surface area contributed by atoms with Gasteiger partial charge in [-0.3, -0.25) is 9.79 Å². The predicted octanol–water partition coefficient (Wildman–Crippen LogP) is 2.79. The van der Waals surface area contributed by atoms with E-state index < -0.39 is 0 Å². The lowest BCUT2D eigenvalue weighted by Gasteiger charge is -2.12. The first-order valence-corrected chi connectivity index (χ1v) is 9.79. The Balaban J connectivity index is 1.57. The molecule has 0 radical (unpaired) electrons. The van der Waals surface area contributed by atoms with Crippen LogP contribution in [0.5, 0.6) is 0 Å². The third kappa shape index (κ3) is 8.59. The zero-order chi connectivity index (χ0) is 19.3. The molecule has 0 heterocycles. The number of guanidine groups is 1. The summed E-state index contributed by atoms with van der Waals surface area (Å²) in [6.45, 7) is 1.41. The Morgan fingerprint density at radius 3 is 2.48 bits per heavy atom. The second-order valence-corrected chi connectivity index (χ2v) is 6.94. The van der Waals surface area contributed by atoms with E-state index in [4.69, 9.17) is 0 Å². The van der Waals surface area contributed by atoms with Crippen molar-refractivity contribution in [1.82, 2.24) is 16.0 Å². The Kier molecular flexibility index (Phi) is 9.20. The van der Waals surface area contributed by atoms with Crippen molar-refractivity contribution in [2.45, 2.75) is 17.9 Å². The molecule has 0 bridgehead atoms. The smallest absolute Gasteiger partial charge is 0.239 e. The van der Waals surface area contributed by atoms with Crippen molar-refractivity contribution in [3.05, 3.63) is 66.0 Å². The summed E-state index contributed by atoms with van der Waals surface area (Å²) in [5.74, 6) is 1.20. The van der Waals surface area contributed by atoms with Crippen molar-refractivity contribution < 1.29 is 9.18 Å². The molecular weight excluding hydrogens is 363 g/mol. The van der Waals surface area contributed by atoms with E-state index in [9.17, 15) is 9.18 Å². The maximum atomic E-state index is 12.9. The van der Waals surface area contributed by atoms with E-state index in [0.717, 1.165) is 29.2 Å². The van der Waals surface area contributed by atoms with Crippen molar-refractivity contribution >= 4 is 23.6 Å². The van der Waals surface area contributed by atoms with E-state index in [-0.39, 0.29) is 18.3 Å². The minimum absolute atomic E-state index is 0.0892. The Hall–Kier alpha value is -2.54. The van der Waals surface area contributed by atoms with Gasteiger partial charge >= 0.3 is 0 Å². The normalized spacial score (nSPS) is 11.1. The molecule has 0 aromatic heterocycles. The minimum atomic E-state index is -0.219. The first-order chi connectivity index (χ1) is 13.2. The van der Waals surface area contributed by atoms with Gasteiger partial charge in [0.15, 0.2) is 5.96 Å². The quantitative estimate of drug-likeness (QED) is 0.268. The van der Waals surface area contributed by atoms with Crippen LogP contribution in [-0.2, 0) is 11.3 Å². The average Bonchev–Trinajstić information content (AvgIpc) is 2.70. The molecule has 0 aliphatic heterocycles. The van der Waals surface area contributed by atoms with Gasteiger partial charge in [-0.2, -0.15) is 0 Å². The van der Waals surface area contributed by atoms with Crippen LogP contribution in [0.1, 0.15) is 12.0 Å². The fourth-order valence-electron chi connectivity index (χ4n) is 2.24. The molecule has 0 aliphatic carbocycles. The maximum Gasteiger partial charge on any atom is 0.239 e. The third-order valence-electron chi connectivity index (χ3n) is 3.67. The monoisotopic (exact) mass is 388 g/mol. The highest BCUT2D eigenvalue weighted by atomic mass is 32.2. The Morgan fingerprint density at radius 2 is 1.78 bits per heavy atom. The summed E-state index contributed by atoms with van der Waals surface area (Å²) in [4.78, 5) is 17.1. The third-order valence-corrected chi connectivity index (χ3v) is 4.77. The molecule has 3 N–H and O–H groups in total. The van der Waals surface area contributed by atoms with Crippen LogP contribution < -0.4 is 16.0 Å². The number of amides is 1. The first-order valence-electron chi connectivity index (χ1n) is 8.81. The highest BCUT2D eigenvalue weighted by molar-refractivity contribution is 7.99. The maximum absolute atomic E-state index is 12.9. The highest BCUT2D eigenvalue weighted by Crippen LogP contribution is 2.18. The summed E-state index contributed by atoms with van der Waals surface area (Å²) in [5, 5.41) is 9.04.